The molecular formula is C19H20N2O3. The number of para-hydroxylation sites is 1. The zero-order valence-electron chi connectivity index (χ0n) is 13.5. The van der Waals surface area contributed by atoms with Crippen molar-refractivity contribution in [1.29, 1.82) is 0 Å². The molecule has 3 rings (SSSR count). The summed E-state index contributed by atoms with van der Waals surface area (Å²) in [6.07, 6.45) is 3.04. The van der Waals surface area contributed by atoms with Gasteiger partial charge < -0.3 is 9.30 Å². The average molecular weight is 324 g/mol. The molecule has 2 N–H and O–H groups in total. The van der Waals surface area contributed by atoms with Gasteiger partial charge in [0.05, 0.1) is 6.61 Å². The number of nitrogens with zero attached hydrogens (tertiary/aromatic N) is 1. The Labute approximate surface area is 140 Å². The fourth-order valence-electron chi connectivity index (χ4n) is 2.89. The lowest BCUT2D eigenvalue weighted by Gasteiger charge is -2.06. The molecule has 0 fully saturated rings. The molecule has 0 bridgehead atoms. The summed E-state index contributed by atoms with van der Waals surface area (Å²) in [6, 6.07) is 15.5. The Morgan fingerprint density at radius 1 is 1.17 bits per heavy atom. The highest BCUT2D eigenvalue weighted by Gasteiger charge is 2.09. The van der Waals surface area contributed by atoms with Crippen LogP contribution >= 0.6 is 0 Å². The molecule has 2 aromatic carbocycles. The maximum absolute atomic E-state index is 11.4. The van der Waals surface area contributed by atoms with Crippen molar-refractivity contribution in [2.75, 3.05) is 13.7 Å². The SMILES string of the molecule is COCCc1cn(Cc2ccc(C(=O)NO)cc2)c2ccccc12. The number of hydrogen-bond acceptors (Lipinski definition) is 3. The number of rotatable bonds is 6. The Kier molecular flexibility index (Phi) is 4.93. The predicted molar refractivity (Wildman–Crippen MR) is 92.3 cm³/mol. The molecule has 5 nitrogen and oxygen atoms in total. The van der Waals surface area contributed by atoms with Crippen LogP contribution in [0.1, 0.15) is 21.5 Å². The number of carbonyl (C=O) groups excluding carboxylic acids is 1. The molecule has 0 unspecified atom stereocenters. The monoisotopic (exact) mass is 324 g/mol. The summed E-state index contributed by atoms with van der Waals surface area (Å²) in [4.78, 5) is 11.4. The van der Waals surface area contributed by atoms with Crippen LogP contribution in [0.3, 0.4) is 0 Å². The number of benzene rings is 2. The first kappa shape index (κ1) is 16.2. The summed E-state index contributed by atoms with van der Waals surface area (Å²) < 4.78 is 7.41. The molecule has 0 aliphatic heterocycles. The Bertz CT molecular complexity index is 837. The first-order valence-corrected chi connectivity index (χ1v) is 7.82. The predicted octanol–water partition coefficient (Wildman–Crippen LogP) is 3.00. The van der Waals surface area contributed by atoms with Crippen molar-refractivity contribution in [2.24, 2.45) is 0 Å². The first-order chi connectivity index (χ1) is 11.7. The highest BCUT2D eigenvalue weighted by molar-refractivity contribution is 5.93. The molecule has 0 saturated carbocycles. The summed E-state index contributed by atoms with van der Waals surface area (Å²) >= 11 is 0. The van der Waals surface area contributed by atoms with Crippen LogP contribution in [0.15, 0.2) is 54.7 Å². The lowest BCUT2D eigenvalue weighted by molar-refractivity contribution is 0.0706. The van der Waals surface area contributed by atoms with Crippen molar-refractivity contribution in [2.45, 2.75) is 13.0 Å². The van der Waals surface area contributed by atoms with E-state index in [1.54, 1.807) is 24.7 Å². The third-order valence-corrected chi connectivity index (χ3v) is 4.12. The van der Waals surface area contributed by atoms with E-state index >= 15 is 0 Å². The molecule has 3 aromatic rings. The molecule has 1 heterocycles. The molecule has 1 aromatic heterocycles. The smallest absolute Gasteiger partial charge is 0.274 e. The second-order valence-corrected chi connectivity index (χ2v) is 5.68. The van der Waals surface area contributed by atoms with Crippen LogP contribution in [-0.4, -0.2) is 29.4 Å². The van der Waals surface area contributed by atoms with Gasteiger partial charge in [0.1, 0.15) is 0 Å². The average Bonchev–Trinajstić information content (AvgIpc) is 2.98. The van der Waals surface area contributed by atoms with Gasteiger partial charge in [-0.3, -0.25) is 10.0 Å². The van der Waals surface area contributed by atoms with Gasteiger partial charge in [0.15, 0.2) is 0 Å². The van der Waals surface area contributed by atoms with Crippen LogP contribution in [0, 0.1) is 0 Å². The van der Waals surface area contributed by atoms with E-state index in [0.717, 1.165) is 12.0 Å². The van der Waals surface area contributed by atoms with Crippen molar-refractivity contribution in [3.05, 3.63) is 71.4 Å². The molecule has 24 heavy (non-hydrogen) atoms. The van der Waals surface area contributed by atoms with Gasteiger partial charge in [-0.2, -0.15) is 0 Å². The zero-order valence-corrected chi connectivity index (χ0v) is 13.5. The van der Waals surface area contributed by atoms with Gasteiger partial charge in [-0.25, -0.2) is 5.48 Å². The fraction of sp³-hybridized carbons (Fsp3) is 0.211. The number of ether oxygens (including phenoxy) is 1. The summed E-state index contributed by atoms with van der Waals surface area (Å²) in [5.41, 5.74) is 5.61. The Morgan fingerprint density at radius 3 is 2.62 bits per heavy atom. The number of fused-ring (bicyclic) bond motifs is 1. The van der Waals surface area contributed by atoms with Gasteiger partial charge in [-0.15, -0.1) is 0 Å². The molecule has 0 aliphatic carbocycles. The highest BCUT2D eigenvalue weighted by Crippen LogP contribution is 2.23. The standard InChI is InChI=1S/C19H20N2O3/c1-24-11-10-16-13-21(18-5-3-2-4-17(16)18)12-14-6-8-15(9-7-14)19(22)20-23/h2-9,13,23H,10-12H2,1H3,(H,20,22). The van der Waals surface area contributed by atoms with E-state index in [0.29, 0.717) is 18.7 Å². The molecule has 0 saturated heterocycles. The molecule has 0 atom stereocenters. The minimum Gasteiger partial charge on any atom is -0.384 e. The maximum Gasteiger partial charge on any atom is 0.274 e. The van der Waals surface area contributed by atoms with E-state index in [2.05, 4.69) is 22.9 Å². The molecule has 5 heteroatoms. The molecule has 1 amide bonds. The highest BCUT2D eigenvalue weighted by atomic mass is 16.5. The van der Waals surface area contributed by atoms with Gasteiger partial charge >= 0.3 is 0 Å². The summed E-state index contributed by atoms with van der Waals surface area (Å²) in [5, 5.41) is 9.91. The van der Waals surface area contributed by atoms with Crippen molar-refractivity contribution in [1.82, 2.24) is 10.0 Å². The number of aromatic nitrogens is 1. The first-order valence-electron chi connectivity index (χ1n) is 7.82. The third-order valence-electron chi connectivity index (χ3n) is 4.12. The summed E-state index contributed by atoms with van der Waals surface area (Å²) in [5.74, 6) is -0.505. The fourth-order valence-corrected chi connectivity index (χ4v) is 2.89. The van der Waals surface area contributed by atoms with Crippen LogP contribution < -0.4 is 5.48 Å². The normalized spacial score (nSPS) is 10.9. The van der Waals surface area contributed by atoms with Crippen LogP contribution in [0.2, 0.25) is 0 Å². The molecular weight excluding hydrogens is 304 g/mol. The van der Waals surface area contributed by atoms with E-state index in [4.69, 9.17) is 9.94 Å². The lowest BCUT2D eigenvalue weighted by atomic mass is 10.1. The van der Waals surface area contributed by atoms with Gasteiger partial charge in [0.25, 0.3) is 5.91 Å². The largest absolute Gasteiger partial charge is 0.384 e. The topological polar surface area (TPSA) is 63.5 Å². The van der Waals surface area contributed by atoms with Crippen molar-refractivity contribution in [3.63, 3.8) is 0 Å². The summed E-state index contributed by atoms with van der Waals surface area (Å²) in [6.45, 7) is 1.41. The van der Waals surface area contributed by atoms with Crippen molar-refractivity contribution >= 4 is 16.8 Å². The number of hydrogen-bond donors (Lipinski definition) is 2. The van der Waals surface area contributed by atoms with E-state index in [1.807, 2.05) is 24.3 Å². The van der Waals surface area contributed by atoms with Gasteiger partial charge in [0.2, 0.25) is 0 Å². The molecule has 124 valence electrons. The van der Waals surface area contributed by atoms with Gasteiger partial charge in [-0.05, 0) is 35.7 Å². The second kappa shape index (κ2) is 7.29. The number of amides is 1. The number of hydroxylamine groups is 1. The molecule has 0 spiro atoms. The van der Waals surface area contributed by atoms with Crippen molar-refractivity contribution < 1.29 is 14.7 Å². The van der Waals surface area contributed by atoms with E-state index < -0.39 is 5.91 Å². The number of methoxy groups -OCH3 is 1. The van der Waals surface area contributed by atoms with E-state index in [1.165, 1.54) is 16.5 Å². The van der Waals surface area contributed by atoms with Crippen LogP contribution in [0.5, 0.6) is 0 Å². The second-order valence-electron chi connectivity index (χ2n) is 5.68. The Balaban J connectivity index is 1.88. The van der Waals surface area contributed by atoms with Gasteiger partial charge in [0, 0.05) is 36.3 Å². The van der Waals surface area contributed by atoms with Gasteiger partial charge in [-0.1, -0.05) is 30.3 Å². The lowest BCUT2D eigenvalue weighted by Crippen LogP contribution is -2.18. The quantitative estimate of drug-likeness (QED) is 0.541. The minimum atomic E-state index is -0.505. The maximum atomic E-state index is 11.4. The molecule has 0 radical (unpaired) electrons. The number of carbonyl (C=O) groups is 1. The van der Waals surface area contributed by atoms with Crippen LogP contribution in [0.4, 0.5) is 0 Å². The third kappa shape index (κ3) is 3.32. The van der Waals surface area contributed by atoms with Crippen molar-refractivity contribution in [3.8, 4) is 0 Å². The zero-order chi connectivity index (χ0) is 16.9. The number of nitrogens with one attached hydrogen (secondary N) is 1. The van der Waals surface area contributed by atoms with Crippen LogP contribution in [0.25, 0.3) is 10.9 Å². The van der Waals surface area contributed by atoms with Crippen LogP contribution in [-0.2, 0) is 17.7 Å². The minimum absolute atomic E-state index is 0.430. The Hall–Kier alpha value is -2.63. The van der Waals surface area contributed by atoms with E-state index in [-0.39, 0.29) is 0 Å². The summed E-state index contributed by atoms with van der Waals surface area (Å²) in [7, 11) is 1.71. The van der Waals surface area contributed by atoms with E-state index in [9.17, 15) is 4.79 Å². The molecule has 0 aliphatic rings. The Morgan fingerprint density at radius 2 is 1.92 bits per heavy atom.